The number of alkyl halides is 1. The lowest BCUT2D eigenvalue weighted by Crippen LogP contribution is -2.50. The van der Waals surface area contributed by atoms with Crippen molar-refractivity contribution in [2.45, 2.75) is 18.3 Å². The SMILES string of the molecule is CC1CN(C)CCN1c1ccc(CBr)c(Br)c1. The zero-order valence-electron chi connectivity index (χ0n) is 10.3. The number of halogens is 2. The van der Waals surface area contributed by atoms with Crippen molar-refractivity contribution in [1.82, 2.24) is 4.90 Å². The molecule has 1 aromatic rings. The van der Waals surface area contributed by atoms with E-state index in [1.54, 1.807) is 0 Å². The summed E-state index contributed by atoms with van der Waals surface area (Å²) in [4.78, 5) is 4.88. The van der Waals surface area contributed by atoms with Gasteiger partial charge in [0.25, 0.3) is 0 Å². The smallest absolute Gasteiger partial charge is 0.0389 e. The summed E-state index contributed by atoms with van der Waals surface area (Å²) in [5, 5.41) is 0.895. The predicted molar refractivity (Wildman–Crippen MR) is 81.1 cm³/mol. The van der Waals surface area contributed by atoms with Crippen molar-refractivity contribution in [3.05, 3.63) is 28.2 Å². The summed E-state index contributed by atoms with van der Waals surface area (Å²) in [6.07, 6.45) is 0. The quantitative estimate of drug-likeness (QED) is 0.744. The maximum absolute atomic E-state index is 3.64. The second kappa shape index (κ2) is 5.72. The Morgan fingerprint density at radius 2 is 2.12 bits per heavy atom. The Hall–Kier alpha value is -0.0600. The van der Waals surface area contributed by atoms with Gasteiger partial charge in [0.1, 0.15) is 0 Å². The standard InChI is InChI=1S/C13H18Br2N2/c1-10-9-16(2)5-6-17(10)12-4-3-11(8-14)13(15)7-12/h3-4,7,10H,5-6,8-9H2,1-2H3. The van der Waals surface area contributed by atoms with E-state index in [-0.39, 0.29) is 0 Å². The van der Waals surface area contributed by atoms with Gasteiger partial charge in [-0.1, -0.05) is 37.9 Å². The summed E-state index contributed by atoms with van der Waals surface area (Å²) in [7, 11) is 2.19. The molecule has 1 atom stereocenters. The molecule has 0 aliphatic carbocycles. The third-order valence-corrected chi connectivity index (χ3v) is 4.69. The highest BCUT2D eigenvalue weighted by molar-refractivity contribution is 9.10. The monoisotopic (exact) mass is 360 g/mol. The fourth-order valence-electron chi connectivity index (χ4n) is 2.35. The highest BCUT2D eigenvalue weighted by Gasteiger charge is 2.21. The minimum atomic E-state index is 0.579. The Morgan fingerprint density at radius 3 is 2.71 bits per heavy atom. The van der Waals surface area contributed by atoms with Crippen LogP contribution in [0.5, 0.6) is 0 Å². The van der Waals surface area contributed by atoms with Crippen LogP contribution in [0.2, 0.25) is 0 Å². The van der Waals surface area contributed by atoms with Crippen LogP contribution in [0.1, 0.15) is 12.5 Å². The lowest BCUT2D eigenvalue weighted by molar-refractivity contribution is 0.275. The fourth-order valence-corrected chi connectivity index (χ4v) is 3.72. The van der Waals surface area contributed by atoms with Gasteiger partial charge in [-0.2, -0.15) is 0 Å². The van der Waals surface area contributed by atoms with Gasteiger partial charge in [-0.3, -0.25) is 0 Å². The average Bonchev–Trinajstić information content (AvgIpc) is 2.29. The van der Waals surface area contributed by atoms with Crippen LogP contribution in [-0.2, 0) is 5.33 Å². The normalized spacial score (nSPS) is 21.9. The minimum absolute atomic E-state index is 0.579. The van der Waals surface area contributed by atoms with Gasteiger partial charge >= 0.3 is 0 Å². The van der Waals surface area contributed by atoms with E-state index in [9.17, 15) is 0 Å². The van der Waals surface area contributed by atoms with E-state index < -0.39 is 0 Å². The van der Waals surface area contributed by atoms with Gasteiger partial charge in [0.05, 0.1) is 0 Å². The van der Waals surface area contributed by atoms with E-state index in [0.29, 0.717) is 6.04 Å². The first-order chi connectivity index (χ1) is 8.11. The van der Waals surface area contributed by atoms with Crippen LogP contribution in [0.4, 0.5) is 5.69 Å². The lowest BCUT2D eigenvalue weighted by atomic mass is 10.1. The van der Waals surface area contributed by atoms with Crippen molar-refractivity contribution in [2.24, 2.45) is 0 Å². The van der Waals surface area contributed by atoms with Crippen molar-refractivity contribution in [1.29, 1.82) is 0 Å². The fraction of sp³-hybridized carbons (Fsp3) is 0.538. The number of nitrogens with zero attached hydrogens (tertiary/aromatic N) is 2. The molecule has 0 amide bonds. The zero-order chi connectivity index (χ0) is 12.4. The number of likely N-dealkylation sites (N-methyl/N-ethyl adjacent to an activating group) is 1. The van der Waals surface area contributed by atoms with Crippen molar-refractivity contribution < 1.29 is 0 Å². The van der Waals surface area contributed by atoms with Crippen molar-refractivity contribution in [2.75, 3.05) is 31.6 Å². The molecule has 0 spiro atoms. The third kappa shape index (κ3) is 3.04. The highest BCUT2D eigenvalue weighted by Crippen LogP contribution is 2.27. The molecule has 1 aliphatic rings. The van der Waals surface area contributed by atoms with E-state index >= 15 is 0 Å². The summed E-state index contributed by atoms with van der Waals surface area (Å²) in [5.74, 6) is 0. The molecule has 1 heterocycles. The molecule has 1 aliphatic heterocycles. The number of piperazine rings is 1. The Balaban J connectivity index is 2.19. The van der Waals surface area contributed by atoms with E-state index in [1.165, 1.54) is 15.7 Å². The molecule has 0 N–H and O–H groups in total. The van der Waals surface area contributed by atoms with Crippen LogP contribution in [0, 0.1) is 0 Å². The molecule has 17 heavy (non-hydrogen) atoms. The first-order valence-electron chi connectivity index (χ1n) is 5.91. The topological polar surface area (TPSA) is 6.48 Å². The predicted octanol–water partition coefficient (Wildman–Crippen LogP) is 3.48. The number of anilines is 1. The molecular weight excluding hydrogens is 344 g/mol. The first kappa shape index (κ1) is 13.4. The summed E-state index contributed by atoms with van der Waals surface area (Å²) in [6, 6.07) is 7.23. The van der Waals surface area contributed by atoms with Gasteiger partial charge in [0, 0.05) is 41.2 Å². The van der Waals surface area contributed by atoms with Crippen molar-refractivity contribution in [3.63, 3.8) is 0 Å². The first-order valence-corrected chi connectivity index (χ1v) is 7.83. The summed E-state index contributed by atoms with van der Waals surface area (Å²) in [6.45, 7) is 5.68. The Labute approximate surface area is 120 Å². The van der Waals surface area contributed by atoms with Gasteiger partial charge < -0.3 is 9.80 Å². The molecule has 0 radical (unpaired) electrons. The molecule has 2 nitrogen and oxygen atoms in total. The summed E-state index contributed by atoms with van der Waals surface area (Å²) < 4.78 is 1.19. The molecule has 94 valence electrons. The highest BCUT2D eigenvalue weighted by atomic mass is 79.9. The maximum Gasteiger partial charge on any atom is 0.0389 e. The van der Waals surface area contributed by atoms with Gasteiger partial charge in [-0.15, -0.1) is 0 Å². The van der Waals surface area contributed by atoms with Crippen LogP contribution in [0.25, 0.3) is 0 Å². The van der Waals surface area contributed by atoms with E-state index in [4.69, 9.17) is 0 Å². The molecule has 0 aromatic heterocycles. The summed E-state index contributed by atoms with van der Waals surface area (Å²) in [5.41, 5.74) is 2.62. The van der Waals surface area contributed by atoms with Crippen LogP contribution in [0.3, 0.4) is 0 Å². The van der Waals surface area contributed by atoms with Gasteiger partial charge in [-0.25, -0.2) is 0 Å². The molecule has 1 saturated heterocycles. The number of rotatable bonds is 2. The van der Waals surface area contributed by atoms with E-state index in [1.807, 2.05) is 0 Å². The largest absolute Gasteiger partial charge is 0.366 e. The Kier molecular flexibility index (Phi) is 4.50. The molecule has 1 aromatic carbocycles. The van der Waals surface area contributed by atoms with Crippen LogP contribution < -0.4 is 4.90 Å². The van der Waals surface area contributed by atoms with Crippen LogP contribution in [0.15, 0.2) is 22.7 Å². The Bertz CT molecular complexity index is 395. The van der Waals surface area contributed by atoms with Gasteiger partial charge in [0.2, 0.25) is 0 Å². The summed E-state index contributed by atoms with van der Waals surface area (Å²) >= 11 is 7.14. The number of benzene rings is 1. The molecule has 4 heteroatoms. The molecule has 1 fully saturated rings. The van der Waals surface area contributed by atoms with Gasteiger partial charge in [-0.05, 0) is 31.7 Å². The lowest BCUT2D eigenvalue weighted by Gasteiger charge is -2.40. The van der Waals surface area contributed by atoms with E-state index in [0.717, 1.165) is 25.0 Å². The molecule has 1 unspecified atom stereocenters. The third-order valence-electron chi connectivity index (χ3n) is 3.34. The zero-order valence-corrected chi connectivity index (χ0v) is 13.5. The van der Waals surface area contributed by atoms with Crippen molar-refractivity contribution >= 4 is 37.5 Å². The maximum atomic E-state index is 3.64. The molecular formula is C13H18Br2N2. The molecule has 0 saturated carbocycles. The minimum Gasteiger partial charge on any atom is -0.366 e. The van der Waals surface area contributed by atoms with Gasteiger partial charge in [0.15, 0.2) is 0 Å². The molecule has 2 rings (SSSR count). The van der Waals surface area contributed by atoms with Crippen LogP contribution >= 0.6 is 31.9 Å². The van der Waals surface area contributed by atoms with Crippen LogP contribution in [-0.4, -0.2) is 37.6 Å². The van der Waals surface area contributed by atoms with Crippen molar-refractivity contribution in [3.8, 4) is 0 Å². The van der Waals surface area contributed by atoms with E-state index in [2.05, 4.69) is 73.8 Å². The second-order valence-corrected chi connectivity index (χ2v) is 6.13. The number of hydrogen-bond donors (Lipinski definition) is 0. The second-order valence-electron chi connectivity index (χ2n) is 4.71. The molecule has 0 bridgehead atoms. The Morgan fingerprint density at radius 1 is 1.35 bits per heavy atom. The average molecular weight is 362 g/mol. The number of hydrogen-bond acceptors (Lipinski definition) is 2.